The summed E-state index contributed by atoms with van der Waals surface area (Å²) >= 11 is 0. The molecule has 0 aliphatic heterocycles. The number of hydrogen-bond donors (Lipinski definition) is 3. The smallest absolute Gasteiger partial charge is 0.323 e. The summed E-state index contributed by atoms with van der Waals surface area (Å²) in [5.74, 6) is 0.543. The molecular formula is C13H23N5O2. The van der Waals surface area contributed by atoms with Crippen molar-refractivity contribution in [2.45, 2.75) is 39.0 Å². The van der Waals surface area contributed by atoms with E-state index in [2.05, 4.69) is 20.3 Å². The van der Waals surface area contributed by atoms with Crippen molar-refractivity contribution in [1.29, 1.82) is 0 Å². The topological polar surface area (TPSA) is 106 Å². The van der Waals surface area contributed by atoms with Gasteiger partial charge in [0.05, 0.1) is 13.2 Å². The number of rotatable bonds is 7. The van der Waals surface area contributed by atoms with E-state index in [4.69, 9.17) is 10.5 Å². The summed E-state index contributed by atoms with van der Waals surface area (Å²) in [7, 11) is 0. The van der Waals surface area contributed by atoms with Gasteiger partial charge in [-0.25, -0.2) is 0 Å². The van der Waals surface area contributed by atoms with Crippen molar-refractivity contribution in [3.63, 3.8) is 0 Å². The highest BCUT2D eigenvalue weighted by Crippen LogP contribution is 2.37. The lowest BCUT2D eigenvalue weighted by atomic mass is 9.87. The van der Waals surface area contributed by atoms with E-state index in [0.717, 1.165) is 32.1 Å². The maximum absolute atomic E-state index is 9.58. The zero-order valence-corrected chi connectivity index (χ0v) is 11.9. The van der Waals surface area contributed by atoms with Gasteiger partial charge in [0, 0.05) is 12.0 Å². The molecule has 1 saturated carbocycles. The Bertz CT molecular complexity index is 435. The zero-order valence-electron chi connectivity index (χ0n) is 11.9. The molecular weight excluding hydrogens is 258 g/mol. The summed E-state index contributed by atoms with van der Waals surface area (Å²) in [6.45, 7) is 3.37. The highest BCUT2D eigenvalue weighted by molar-refractivity contribution is 5.32. The number of aromatic nitrogens is 3. The van der Waals surface area contributed by atoms with Crippen molar-refractivity contribution >= 4 is 11.9 Å². The highest BCUT2D eigenvalue weighted by Gasteiger charge is 2.33. The van der Waals surface area contributed by atoms with Gasteiger partial charge in [-0.15, -0.1) is 0 Å². The van der Waals surface area contributed by atoms with Gasteiger partial charge in [0.1, 0.15) is 0 Å². The maximum Gasteiger partial charge on any atom is 0.323 e. The molecule has 0 radical (unpaired) electrons. The first-order valence-corrected chi connectivity index (χ1v) is 7.16. The van der Waals surface area contributed by atoms with Crippen molar-refractivity contribution in [3.05, 3.63) is 0 Å². The van der Waals surface area contributed by atoms with Crippen LogP contribution in [0.4, 0.5) is 11.9 Å². The molecule has 0 saturated heterocycles. The number of ether oxygens (including phenoxy) is 1. The van der Waals surface area contributed by atoms with E-state index in [1.165, 1.54) is 0 Å². The second kappa shape index (κ2) is 6.69. The minimum Gasteiger partial charge on any atom is -0.463 e. The Morgan fingerprint density at radius 3 is 2.70 bits per heavy atom. The molecule has 20 heavy (non-hydrogen) atoms. The number of aliphatic hydroxyl groups excluding tert-OH is 1. The molecule has 1 fully saturated rings. The average molecular weight is 281 g/mol. The first-order valence-electron chi connectivity index (χ1n) is 7.16. The molecule has 7 heteroatoms. The van der Waals surface area contributed by atoms with Crippen molar-refractivity contribution in [2.75, 3.05) is 30.8 Å². The van der Waals surface area contributed by atoms with Crippen molar-refractivity contribution in [2.24, 2.45) is 5.41 Å². The van der Waals surface area contributed by atoms with Crippen LogP contribution in [0.25, 0.3) is 0 Å². The Morgan fingerprint density at radius 1 is 1.30 bits per heavy atom. The number of nitrogen functional groups attached to an aromatic ring is 1. The molecule has 0 bridgehead atoms. The first kappa shape index (κ1) is 14.8. The van der Waals surface area contributed by atoms with Crippen LogP contribution in [0.2, 0.25) is 0 Å². The third kappa shape index (κ3) is 3.69. The molecule has 0 amide bonds. The van der Waals surface area contributed by atoms with E-state index in [-0.39, 0.29) is 24.0 Å². The number of anilines is 2. The molecule has 1 aromatic heterocycles. The molecule has 0 spiro atoms. The summed E-state index contributed by atoms with van der Waals surface area (Å²) in [5.41, 5.74) is 5.59. The van der Waals surface area contributed by atoms with Crippen LogP contribution < -0.4 is 15.8 Å². The van der Waals surface area contributed by atoms with Gasteiger partial charge in [0.15, 0.2) is 0 Å². The van der Waals surface area contributed by atoms with E-state index < -0.39 is 0 Å². The number of hydrogen-bond acceptors (Lipinski definition) is 7. The van der Waals surface area contributed by atoms with E-state index in [0.29, 0.717) is 19.1 Å². The third-order valence-electron chi connectivity index (χ3n) is 3.69. The largest absolute Gasteiger partial charge is 0.463 e. The molecule has 1 aliphatic rings. The lowest BCUT2D eigenvalue weighted by Gasteiger charge is -2.26. The average Bonchev–Trinajstić information content (AvgIpc) is 2.92. The number of nitrogens with two attached hydrogens (primary N) is 1. The fourth-order valence-electron chi connectivity index (χ4n) is 2.49. The van der Waals surface area contributed by atoms with Crippen molar-refractivity contribution < 1.29 is 9.84 Å². The van der Waals surface area contributed by atoms with Gasteiger partial charge in [-0.3, -0.25) is 0 Å². The molecule has 1 heterocycles. The molecule has 0 aromatic carbocycles. The highest BCUT2D eigenvalue weighted by atomic mass is 16.5. The normalized spacial score (nSPS) is 17.1. The van der Waals surface area contributed by atoms with E-state index in [9.17, 15) is 5.11 Å². The number of aliphatic hydroxyl groups is 1. The van der Waals surface area contributed by atoms with Crippen molar-refractivity contribution in [1.82, 2.24) is 15.0 Å². The molecule has 0 unspecified atom stereocenters. The fourth-order valence-corrected chi connectivity index (χ4v) is 2.49. The van der Waals surface area contributed by atoms with Gasteiger partial charge in [-0.1, -0.05) is 19.8 Å². The lowest BCUT2D eigenvalue weighted by molar-refractivity contribution is 0.142. The Morgan fingerprint density at radius 2 is 2.05 bits per heavy atom. The SMILES string of the molecule is CCCOc1nc(N)nc(NCC2(CO)CCCC2)n1. The summed E-state index contributed by atoms with van der Waals surface area (Å²) in [5, 5.41) is 12.7. The molecule has 2 rings (SSSR count). The second-order valence-electron chi connectivity index (χ2n) is 5.37. The van der Waals surface area contributed by atoms with Gasteiger partial charge in [0.25, 0.3) is 0 Å². The van der Waals surface area contributed by atoms with E-state index in [1.807, 2.05) is 6.92 Å². The maximum atomic E-state index is 9.58. The predicted octanol–water partition coefficient (Wildman–Crippen LogP) is 1.21. The van der Waals surface area contributed by atoms with Gasteiger partial charge in [-0.2, -0.15) is 15.0 Å². The summed E-state index contributed by atoms with van der Waals surface area (Å²) < 4.78 is 5.37. The Labute approximate surface area is 119 Å². The van der Waals surface area contributed by atoms with Crippen LogP contribution in [0.15, 0.2) is 0 Å². The quantitative estimate of drug-likeness (QED) is 0.689. The van der Waals surface area contributed by atoms with Crippen LogP contribution in [0.3, 0.4) is 0 Å². The molecule has 7 nitrogen and oxygen atoms in total. The summed E-state index contributed by atoms with van der Waals surface area (Å²) in [6, 6.07) is 0.242. The van der Waals surface area contributed by atoms with E-state index in [1.54, 1.807) is 0 Å². The lowest BCUT2D eigenvalue weighted by Crippen LogP contribution is -2.31. The monoisotopic (exact) mass is 281 g/mol. The second-order valence-corrected chi connectivity index (χ2v) is 5.37. The van der Waals surface area contributed by atoms with Crippen LogP contribution in [0, 0.1) is 5.41 Å². The molecule has 4 N–H and O–H groups in total. The van der Waals surface area contributed by atoms with Gasteiger partial charge < -0.3 is 20.9 Å². The molecule has 112 valence electrons. The zero-order chi connectivity index (χ0) is 14.4. The van der Waals surface area contributed by atoms with Crippen molar-refractivity contribution in [3.8, 4) is 6.01 Å². The summed E-state index contributed by atoms with van der Waals surface area (Å²) in [6.07, 6.45) is 5.24. The first-order chi connectivity index (χ1) is 9.67. The van der Waals surface area contributed by atoms with Gasteiger partial charge in [0.2, 0.25) is 11.9 Å². The molecule has 1 aromatic rings. The van der Waals surface area contributed by atoms with Gasteiger partial charge >= 0.3 is 6.01 Å². The number of nitrogens with one attached hydrogen (secondary N) is 1. The molecule has 0 atom stereocenters. The van der Waals surface area contributed by atoms with E-state index >= 15 is 0 Å². The van der Waals surface area contributed by atoms with Crippen LogP contribution in [-0.4, -0.2) is 39.8 Å². The standard InChI is InChI=1S/C13H23N5O2/c1-2-7-20-12-17-10(14)16-11(18-12)15-8-13(9-19)5-3-4-6-13/h19H,2-9H2,1H3,(H3,14,15,16,17,18). The minimum absolute atomic E-state index is 0.0637. The predicted molar refractivity (Wildman–Crippen MR) is 76.5 cm³/mol. The Balaban J connectivity index is 1.99. The summed E-state index contributed by atoms with van der Waals surface area (Å²) in [4.78, 5) is 12.2. The van der Waals surface area contributed by atoms with Crippen LogP contribution in [-0.2, 0) is 0 Å². The van der Waals surface area contributed by atoms with Crippen LogP contribution in [0.1, 0.15) is 39.0 Å². The Hall–Kier alpha value is -1.63. The Kier molecular flexibility index (Phi) is 4.94. The number of nitrogens with zero attached hydrogens (tertiary/aromatic N) is 3. The fraction of sp³-hybridized carbons (Fsp3) is 0.769. The van der Waals surface area contributed by atoms with Gasteiger partial charge in [-0.05, 0) is 19.3 Å². The minimum atomic E-state index is -0.0637. The van der Waals surface area contributed by atoms with Crippen LogP contribution >= 0.6 is 0 Å². The third-order valence-corrected chi connectivity index (χ3v) is 3.69. The van der Waals surface area contributed by atoms with Crippen LogP contribution in [0.5, 0.6) is 6.01 Å². The molecule has 1 aliphatic carbocycles.